The fourth-order valence-electron chi connectivity index (χ4n) is 1.71. The summed E-state index contributed by atoms with van der Waals surface area (Å²) in [5.41, 5.74) is 7.04. The largest absolute Gasteiger partial charge is 0.399 e. The Morgan fingerprint density at radius 2 is 2.00 bits per heavy atom. The van der Waals surface area contributed by atoms with Crippen molar-refractivity contribution in [3.63, 3.8) is 0 Å². The molecule has 20 heavy (non-hydrogen) atoms. The molecule has 0 unspecified atom stereocenters. The second kappa shape index (κ2) is 6.68. The van der Waals surface area contributed by atoms with Crippen LogP contribution in [-0.2, 0) is 0 Å². The summed E-state index contributed by atoms with van der Waals surface area (Å²) >= 11 is 7.59. The highest BCUT2D eigenvalue weighted by atomic mass is 35.5. The quantitative estimate of drug-likeness (QED) is 0.844. The number of hydrogen-bond acceptors (Lipinski definition) is 3. The first-order valence-corrected chi connectivity index (χ1v) is 7.41. The lowest BCUT2D eigenvalue weighted by atomic mass is 10.2. The molecule has 0 aliphatic rings. The fraction of sp³-hybridized carbons (Fsp3) is 0.133. The molecule has 0 saturated heterocycles. The van der Waals surface area contributed by atoms with Crippen LogP contribution < -0.4 is 11.1 Å². The summed E-state index contributed by atoms with van der Waals surface area (Å²) in [6.07, 6.45) is 0. The van der Waals surface area contributed by atoms with Crippen LogP contribution in [0.4, 0.5) is 5.69 Å². The standard InChI is InChI=1S/C15H15ClN2OS/c1-2-18-15(19)11-8-7-10(17)9-14(11)20-13-6-4-3-5-12(13)16/h3-9H,2,17H2,1H3,(H,18,19). The molecular formula is C15H15ClN2OS. The molecule has 0 radical (unpaired) electrons. The van der Waals surface area contributed by atoms with Gasteiger partial charge >= 0.3 is 0 Å². The zero-order chi connectivity index (χ0) is 14.5. The van der Waals surface area contributed by atoms with Gasteiger partial charge in [-0.3, -0.25) is 4.79 Å². The topological polar surface area (TPSA) is 55.1 Å². The molecule has 104 valence electrons. The molecule has 0 bridgehead atoms. The van der Waals surface area contributed by atoms with E-state index in [1.54, 1.807) is 18.2 Å². The van der Waals surface area contributed by atoms with E-state index in [-0.39, 0.29) is 5.91 Å². The predicted octanol–water partition coefficient (Wildman–Crippen LogP) is 3.82. The number of benzene rings is 2. The van der Waals surface area contributed by atoms with Crippen LogP contribution in [0.1, 0.15) is 17.3 Å². The van der Waals surface area contributed by atoms with Crippen molar-refractivity contribution >= 4 is 35.0 Å². The van der Waals surface area contributed by atoms with Gasteiger partial charge in [0.2, 0.25) is 0 Å². The molecule has 0 aliphatic carbocycles. The number of nitrogens with one attached hydrogen (secondary N) is 1. The number of rotatable bonds is 4. The number of nitrogens with two attached hydrogens (primary N) is 1. The summed E-state index contributed by atoms with van der Waals surface area (Å²) in [7, 11) is 0. The van der Waals surface area contributed by atoms with Crippen molar-refractivity contribution in [1.82, 2.24) is 5.32 Å². The van der Waals surface area contributed by atoms with Crippen LogP contribution >= 0.6 is 23.4 Å². The van der Waals surface area contributed by atoms with Crippen molar-refractivity contribution < 1.29 is 4.79 Å². The van der Waals surface area contributed by atoms with Gasteiger partial charge < -0.3 is 11.1 Å². The van der Waals surface area contributed by atoms with Gasteiger partial charge in [-0.05, 0) is 37.3 Å². The summed E-state index contributed by atoms with van der Waals surface area (Å²) in [4.78, 5) is 13.7. The number of anilines is 1. The Hall–Kier alpha value is -1.65. The molecule has 5 heteroatoms. The smallest absolute Gasteiger partial charge is 0.252 e. The first-order chi connectivity index (χ1) is 9.61. The Bertz CT molecular complexity index is 631. The maximum Gasteiger partial charge on any atom is 0.252 e. The van der Waals surface area contributed by atoms with Crippen molar-refractivity contribution in [3.8, 4) is 0 Å². The van der Waals surface area contributed by atoms with Gasteiger partial charge in [-0.15, -0.1) is 0 Å². The van der Waals surface area contributed by atoms with Gasteiger partial charge in [-0.1, -0.05) is 35.5 Å². The van der Waals surface area contributed by atoms with Gasteiger partial charge in [0, 0.05) is 22.0 Å². The van der Waals surface area contributed by atoms with Crippen LogP contribution in [0.2, 0.25) is 5.02 Å². The van der Waals surface area contributed by atoms with Crippen LogP contribution in [-0.4, -0.2) is 12.5 Å². The van der Waals surface area contributed by atoms with Crippen LogP contribution in [0.5, 0.6) is 0 Å². The van der Waals surface area contributed by atoms with Gasteiger partial charge in [-0.2, -0.15) is 0 Å². The highest BCUT2D eigenvalue weighted by Gasteiger charge is 2.13. The fourth-order valence-corrected chi connectivity index (χ4v) is 2.98. The predicted molar refractivity (Wildman–Crippen MR) is 84.4 cm³/mol. The molecule has 0 heterocycles. The third-order valence-corrected chi connectivity index (χ3v) is 4.22. The van der Waals surface area contributed by atoms with E-state index in [1.165, 1.54) is 11.8 Å². The van der Waals surface area contributed by atoms with Crippen LogP contribution in [0, 0.1) is 0 Å². The first kappa shape index (κ1) is 14.8. The molecule has 0 aromatic heterocycles. The molecule has 0 spiro atoms. The van der Waals surface area contributed by atoms with Crippen molar-refractivity contribution in [3.05, 3.63) is 53.1 Å². The highest BCUT2D eigenvalue weighted by Crippen LogP contribution is 2.35. The summed E-state index contributed by atoms with van der Waals surface area (Å²) < 4.78 is 0. The molecular weight excluding hydrogens is 292 g/mol. The Kier molecular flexibility index (Phi) is 4.93. The minimum atomic E-state index is -0.109. The van der Waals surface area contributed by atoms with Gasteiger partial charge in [0.25, 0.3) is 5.91 Å². The third kappa shape index (κ3) is 3.46. The van der Waals surface area contributed by atoms with Crippen LogP contribution in [0.3, 0.4) is 0 Å². The minimum Gasteiger partial charge on any atom is -0.399 e. The second-order valence-corrected chi connectivity index (χ2v) is 5.64. The molecule has 3 N–H and O–H groups in total. The summed E-state index contributed by atoms with van der Waals surface area (Å²) in [5, 5.41) is 3.45. The maximum absolute atomic E-state index is 12.1. The van der Waals surface area contributed by atoms with E-state index >= 15 is 0 Å². The molecule has 0 atom stereocenters. The van der Waals surface area contributed by atoms with Gasteiger partial charge in [0.1, 0.15) is 0 Å². The number of halogens is 1. The van der Waals surface area contributed by atoms with E-state index in [0.29, 0.717) is 22.8 Å². The van der Waals surface area contributed by atoms with Crippen LogP contribution in [0.15, 0.2) is 52.3 Å². The summed E-state index contributed by atoms with van der Waals surface area (Å²) in [6, 6.07) is 12.8. The minimum absolute atomic E-state index is 0.109. The lowest BCUT2D eigenvalue weighted by Crippen LogP contribution is -2.23. The molecule has 2 aromatic carbocycles. The number of nitrogen functional groups attached to an aromatic ring is 1. The van der Waals surface area contributed by atoms with Crippen molar-refractivity contribution in [2.24, 2.45) is 0 Å². The molecule has 2 rings (SSSR count). The Balaban J connectivity index is 2.37. The molecule has 3 nitrogen and oxygen atoms in total. The number of hydrogen-bond donors (Lipinski definition) is 2. The van der Waals surface area contributed by atoms with E-state index in [2.05, 4.69) is 5.32 Å². The van der Waals surface area contributed by atoms with Gasteiger partial charge in [0.05, 0.1) is 10.6 Å². The third-order valence-electron chi connectivity index (χ3n) is 2.64. The molecule has 1 amide bonds. The van der Waals surface area contributed by atoms with Crippen molar-refractivity contribution in [2.45, 2.75) is 16.7 Å². The Morgan fingerprint density at radius 3 is 2.70 bits per heavy atom. The monoisotopic (exact) mass is 306 g/mol. The first-order valence-electron chi connectivity index (χ1n) is 6.22. The molecule has 0 aliphatic heterocycles. The highest BCUT2D eigenvalue weighted by molar-refractivity contribution is 7.99. The van der Waals surface area contributed by atoms with E-state index < -0.39 is 0 Å². The number of carbonyl (C=O) groups is 1. The van der Waals surface area contributed by atoms with Gasteiger partial charge in [0.15, 0.2) is 0 Å². The zero-order valence-electron chi connectivity index (χ0n) is 11.0. The SMILES string of the molecule is CCNC(=O)c1ccc(N)cc1Sc1ccccc1Cl. The summed E-state index contributed by atoms with van der Waals surface area (Å²) in [6.45, 7) is 2.47. The second-order valence-electron chi connectivity index (χ2n) is 4.15. The molecule has 0 fully saturated rings. The average molecular weight is 307 g/mol. The number of amides is 1. The molecule has 2 aromatic rings. The van der Waals surface area contributed by atoms with Gasteiger partial charge in [-0.25, -0.2) is 0 Å². The zero-order valence-corrected chi connectivity index (χ0v) is 12.6. The van der Waals surface area contributed by atoms with Crippen molar-refractivity contribution in [2.75, 3.05) is 12.3 Å². The van der Waals surface area contributed by atoms with E-state index in [0.717, 1.165) is 9.79 Å². The van der Waals surface area contributed by atoms with Crippen LogP contribution in [0.25, 0.3) is 0 Å². The Labute approximate surface area is 127 Å². The number of carbonyl (C=O) groups excluding carboxylic acids is 1. The average Bonchev–Trinajstić information content (AvgIpc) is 2.42. The van der Waals surface area contributed by atoms with E-state index in [9.17, 15) is 4.79 Å². The maximum atomic E-state index is 12.1. The molecule has 0 saturated carbocycles. The van der Waals surface area contributed by atoms with Crippen molar-refractivity contribution in [1.29, 1.82) is 0 Å². The lowest BCUT2D eigenvalue weighted by Gasteiger charge is -2.10. The van der Waals surface area contributed by atoms with E-state index in [1.807, 2.05) is 31.2 Å². The Morgan fingerprint density at radius 1 is 1.25 bits per heavy atom. The lowest BCUT2D eigenvalue weighted by molar-refractivity contribution is 0.0953. The summed E-state index contributed by atoms with van der Waals surface area (Å²) in [5.74, 6) is -0.109. The normalized spacial score (nSPS) is 10.3. The van der Waals surface area contributed by atoms with E-state index in [4.69, 9.17) is 17.3 Å².